The van der Waals surface area contributed by atoms with Gasteiger partial charge in [0.05, 0.1) is 6.04 Å². The molecule has 18 heavy (non-hydrogen) atoms. The molecular formula is C16H23NO. The molecule has 0 unspecified atom stereocenters. The van der Waals surface area contributed by atoms with E-state index >= 15 is 0 Å². The molecule has 0 amide bonds. The monoisotopic (exact) mass is 245 g/mol. The fourth-order valence-electron chi connectivity index (χ4n) is 2.95. The van der Waals surface area contributed by atoms with E-state index in [1.165, 1.54) is 5.56 Å². The van der Waals surface area contributed by atoms with Crippen molar-refractivity contribution in [2.45, 2.75) is 46.3 Å². The molecular weight excluding hydrogens is 222 g/mol. The van der Waals surface area contributed by atoms with E-state index in [0.29, 0.717) is 17.7 Å². The molecule has 1 aromatic rings. The van der Waals surface area contributed by atoms with Crippen LogP contribution in [-0.4, -0.2) is 22.8 Å². The van der Waals surface area contributed by atoms with Crippen LogP contribution in [0.1, 0.15) is 33.3 Å². The summed E-state index contributed by atoms with van der Waals surface area (Å²) in [6.45, 7) is 9.42. The predicted octanol–water partition coefficient (Wildman–Crippen LogP) is 3.12. The van der Waals surface area contributed by atoms with E-state index in [4.69, 9.17) is 0 Å². The van der Waals surface area contributed by atoms with Crippen LogP contribution in [0.25, 0.3) is 0 Å². The molecule has 0 N–H and O–H groups in total. The first-order valence-corrected chi connectivity index (χ1v) is 6.85. The third-order valence-corrected chi connectivity index (χ3v) is 4.64. The molecule has 1 aliphatic heterocycles. The Morgan fingerprint density at radius 1 is 1.06 bits per heavy atom. The molecule has 0 bridgehead atoms. The van der Waals surface area contributed by atoms with Crippen molar-refractivity contribution < 1.29 is 4.79 Å². The second kappa shape index (κ2) is 5.23. The fourth-order valence-corrected chi connectivity index (χ4v) is 2.95. The second-order valence-corrected chi connectivity index (χ2v) is 5.62. The van der Waals surface area contributed by atoms with Crippen LogP contribution in [0.5, 0.6) is 0 Å². The van der Waals surface area contributed by atoms with Crippen LogP contribution >= 0.6 is 0 Å². The van der Waals surface area contributed by atoms with Crippen LogP contribution in [0.15, 0.2) is 30.3 Å². The lowest BCUT2D eigenvalue weighted by molar-refractivity contribution is -0.136. The van der Waals surface area contributed by atoms with Crippen molar-refractivity contribution in [1.82, 2.24) is 4.90 Å². The van der Waals surface area contributed by atoms with Gasteiger partial charge in [-0.05, 0) is 25.3 Å². The molecule has 0 aliphatic carbocycles. The van der Waals surface area contributed by atoms with Gasteiger partial charge in [0, 0.05) is 18.5 Å². The summed E-state index contributed by atoms with van der Waals surface area (Å²) in [6.07, 6.45) is 0. The third-order valence-electron chi connectivity index (χ3n) is 4.64. The molecule has 98 valence electrons. The molecule has 1 aromatic carbocycles. The number of carbonyl (C=O) groups excluding carboxylic acids is 1. The topological polar surface area (TPSA) is 20.3 Å². The lowest BCUT2D eigenvalue weighted by Crippen LogP contribution is -2.55. The first kappa shape index (κ1) is 13.3. The average molecular weight is 245 g/mol. The normalized spacial score (nSPS) is 33.7. The molecule has 1 fully saturated rings. The zero-order valence-corrected chi connectivity index (χ0v) is 11.8. The van der Waals surface area contributed by atoms with Crippen LogP contribution in [0.3, 0.4) is 0 Å². The van der Waals surface area contributed by atoms with E-state index < -0.39 is 0 Å². The Bertz CT molecular complexity index is 414. The standard InChI is InChI=1S/C16H23NO/c1-11-12(2)16(18)14(4)17(13(11)3)10-15-8-6-5-7-9-15/h5-9,11-14H,10H2,1-4H3/t11-,12+,13-,14+/m1/s1. The van der Waals surface area contributed by atoms with Gasteiger partial charge in [-0.3, -0.25) is 9.69 Å². The van der Waals surface area contributed by atoms with Gasteiger partial charge in [-0.1, -0.05) is 44.2 Å². The molecule has 0 aromatic heterocycles. The van der Waals surface area contributed by atoms with E-state index in [0.717, 1.165) is 6.54 Å². The van der Waals surface area contributed by atoms with Crippen molar-refractivity contribution in [3.63, 3.8) is 0 Å². The maximum atomic E-state index is 12.2. The molecule has 2 nitrogen and oxygen atoms in total. The summed E-state index contributed by atoms with van der Waals surface area (Å²) >= 11 is 0. The van der Waals surface area contributed by atoms with E-state index in [9.17, 15) is 4.79 Å². The van der Waals surface area contributed by atoms with Gasteiger partial charge in [0.1, 0.15) is 0 Å². The number of carbonyl (C=O) groups is 1. The van der Waals surface area contributed by atoms with Crippen LogP contribution in [-0.2, 0) is 11.3 Å². The predicted molar refractivity (Wildman–Crippen MR) is 74.2 cm³/mol. The fraction of sp³-hybridized carbons (Fsp3) is 0.562. The number of nitrogens with zero attached hydrogens (tertiary/aromatic N) is 1. The number of hydrogen-bond acceptors (Lipinski definition) is 2. The minimum Gasteiger partial charge on any atom is -0.298 e. The smallest absolute Gasteiger partial charge is 0.152 e. The van der Waals surface area contributed by atoms with Crippen LogP contribution in [0.4, 0.5) is 0 Å². The first-order valence-electron chi connectivity index (χ1n) is 6.85. The number of rotatable bonds is 2. The van der Waals surface area contributed by atoms with Gasteiger partial charge < -0.3 is 0 Å². The lowest BCUT2D eigenvalue weighted by atomic mass is 9.78. The van der Waals surface area contributed by atoms with Crippen molar-refractivity contribution in [1.29, 1.82) is 0 Å². The van der Waals surface area contributed by atoms with Gasteiger partial charge in [-0.15, -0.1) is 0 Å². The minimum absolute atomic E-state index is 0.0337. The number of ketones is 1. The van der Waals surface area contributed by atoms with Gasteiger partial charge in [-0.2, -0.15) is 0 Å². The number of Topliss-reactive ketones (excluding diaryl/α,β-unsaturated/α-hetero) is 1. The Hall–Kier alpha value is -1.15. The quantitative estimate of drug-likeness (QED) is 0.798. The Kier molecular flexibility index (Phi) is 3.86. The second-order valence-electron chi connectivity index (χ2n) is 5.62. The number of likely N-dealkylation sites (tertiary alicyclic amines) is 1. The SMILES string of the molecule is C[C@@H]1[C@H](C)C(=O)[C@H](C)N(Cc2ccccc2)[C@@H]1C. The molecule has 2 heteroatoms. The largest absolute Gasteiger partial charge is 0.298 e. The molecule has 0 spiro atoms. The number of benzene rings is 1. The highest BCUT2D eigenvalue weighted by molar-refractivity contribution is 5.86. The Labute approximate surface area is 110 Å². The van der Waals surface area contributed by atoms with Crippen LogP contribution in [0, 0.1) is 11.8 Å². The number of piperidine rings is 1. The summed E-state index contributed by atoms with van der Waals surface area (Å²) in [5.41, 5.74) is 1.28. The summed E-state index contributed by atoms with van der Waals surface area (Å²) in [5, 5.41) is 0. The molecule has 4 atom stereocenters. The maximum absolute atomic E-state index is 12.2. The van der Waals surface area contributed by atoms with Crippen LogP contribution in [0.2, 0.25) is 0 Å². The van der Waals surface area contributed by atoms with E-state index in [2.05, 4.69) is 49.9 Å². The molecule has 1 aliphatic rings. The molecule has 2 rings (SSSR count). The van der Waals surface area contributed by atoms with Gasteiger partial charge in [0.15, 0.2) is 5.78 Å². The van der Waals surface area contributed by atoms with Crippen molar-refractivity contribution in [2.24, 2.45) is 11.8 Å². The van der Waals surface area contributed by atoms with Crippen molar-refractivity contribution in [3.05, 3.63) is 35.9 Å². The van der Waals surface area contributed by atoms with Gasteiger partial charge in [0.2, 0.25) is 0 Å². The van der Waals surface area contributed by atoms with Gasteiger partial charge >= 0.3 is 0 Å². The summed E-state index contributed by atoms with van der Waals surface area (Å²) in [4.78, 5) is 14.6. The van der Waals surface area contributed by atoms with Gasteiger partial charge in [-0.25, -0.2) is 0 Å². The molecule has 0 radical (unpaired) electrons. The van der Waals surface area contributed by atoms with Crippen molar-refractivity contribution in [3.8, 4) is 0 Å². The first-order chi connectivity index (χ1) is 8.52. The Balaban J connectivity index is 2.18. The summed E-state index contributed by atoms with van der Waals surface area (Å²) in [7, 11) is 0. The molecule has 1 heterocycles. The zero-order chi connectivity index (χ0) is 13.3. The molecule has 0 saturated carbocycles. The van der Waals surface area contributed by atoms with Crippen LogP contribution < -0.4 is 0 Å². The third kappa shape index (κ3) is 2.35. The Morgan fingerprint density at radius 2 is 1.67 bits per heavy atom. The van der Waals surface area contributed by atoms with Crippen molar-refractivity contribution in [2.75, 3.05) is 0 Å². The highest BCUT2D eigenvalue weighted by Crippen LogP contribution is 2.31. The zero-order valence-electron chi connectivity index (χ0n) is 11.8. The summed E-state index contributed by atoms with van der Waals surface area (Å²) in [5.74, 6) is 0.996. The maximum Gasteiger partial charge on any atom is 0.152 e. The Morgan fingerprint density at radius 3 is 2.28 bits per heavy atom. The minimum atomic E-state index is 0.0337. The summed E-state index contributed by atoms with van der Waals surface area (Å²) < 4.78 is 0. The average Bonchev–Trinajstić information content (AvgIpc) is 2.40. The van der Waals surface area contributed by atoms with Gasteiger partial charge in [0.25, 0.3) is 0 Å². The molecule has 1 saturated heterocycles. The van der Waals surface area contributed by atoms with E-state index in [1.54, 1.807) is 0 Å². The van der Waals surface area contributed by atoms with E-state index in [1.807, 2.05) is 13.0 Å². The highest BCUT2D eigenvalue weighted by atomic mass is 16.1. The number of hydrogen-bond donors (Lipinski definition) is 0. The highest BCUT2D eigenvalue weighted by Gasteiger charge is 2.40. The van der Waals surface area contributed by atoms with Crippen molar-refractivity contribution >= 4 is 5.78 Å². The lowest BCUT2D eigenvalue weighted by Gasteiger charge is -2.44. The summed E-state index contributed by atoms with van der Waals surface area (Å²) in [6, 6.07) is 10.9. The van der Waals surface area contributed by atoms with E-state index in [-0.39, 0.29) is 12.0 Å².